The van der Waals surface area contributed by atoms with E-state index in [9.17, 15) is 4.79 Å². The van der Waals surface area contributed by atoms with E-state index in [1.807, 2.05) is 25.7 Å². The van der Waals surface area contributed by atoms with Gasteiger partial charge in [0.15, 0.2) is 5.76 Å². The number of hydrogen-bond acceptors (Lipinski definition) is 5. The fourth-order valence-electron chi connectivity index (χ4n) is 3.94. The summed E-state index contributed by atoms with van der Waals surface area (Å²) in [7, 11) is 0. The molecule has 0 unspecified atom stereocenters. The van der Waals surface area contributed by atoms with Crippen molar-refractivity contribution in [2.45, 2.75) is 46.1 Å². The maximum absolute atomic E-state index is 13.1. The Morgan fingerprint density at radius 3 is 2.62 bits per heavy atom. The van der Waals surface area contributed by atoms with Crippen LogP contribution in [0.15, 0.2) is 4.52 Å². The van der Waals surface area contributed by atoms with Gasteiger partial charge in [0.2, 0.25) is 0 Å². The summed E-state index contributed by atoms with van der Waals surface area (Å²) in [5.41, 5.74) is 1.37. The highest BCUT2D eigenvalue weighted by Gasteiger charge is 2.39. The Hall–Kier alpha value is -1.40. The van der Waals surface area contributed by atoms with Crippen LogP contribution in [0.25, 0.3) is 0 Å². The maximum atomic E-state index is 13.1. The maximum Gasteiger partial charge on any atom is 0.259 e. The molecule has 1 aromatic rings. The van der Waals surface area contributed by atoms with Crippen LogP contribution in [0.1, 0.15) is 54.9 Å². The minimum atomic E-state index is 0.0756. The number of nitrogens with zero attached hydrogens (tertiary/aromatic N) is 3. The zero-order chi connectivity index (χ0) is 17.3. The number of morpholine rings is 1. The van der Waals surface area contributed by atoms with Gasteiger partial charge in [0.05, 0.1) is 18.9 Å². The van der Waals surface area contributed by atoms with E-state index in [0.717, 1.165) is 45.8 Å². The average molecular weight is 335 g/mol. The molecule has 134 valence electrons. The first-order valence-corrected chi connectivity index (χ1v) is 9.10. The minimum absolute atomic E-state index is 0.0756. The number of carbonyl (C=O) groups is 1. The van der Waals surface area contributed by atoms with Crippen LogP contribution in [0.5, 0.6) is 0 Å². The predicted octanol–water partition coefficient (Wildman–Crippen LogP) is 2.29. The van der Waals surface area contributed by atoms with E-state index in [1.165, 1.54) is 0 Å². The Labute approximate surface area is 144 Å². The summed E-state index contributed by atoms with van der Waals surface area (Å²) in [4.78, 5) is 17.6. The summed E-state index contributed by atoms with van der Waals surface area (Å²) < 4.78 is 10.9. The first-order valence-electron chi connectivity index (χ1n) is 9.10. The van der Waals surface area contributed by atoms with Gasteiger partial charge >= 0.3 is 0 Å². The highest BCUT2D eigenvalue weighted by molar-refractivity contribution is 5.96. The summed E-state index contributed by atoms with van der Waals surface area (Å²) in [6.07, 6.45) is 1.09. The molecule has 6 nitrogen and oxygen atoms in total. The number of ether oxygens (including phenoxy) is 1. The average Bonchev–Trinajstić information content (AvgIpc) is 3.18. The molecule has 1 aromatic heterocycles. The van der Waals surface area contributed by atoms with Gasteiger partial charge in [0.25, 0.3) is 5.91 Å². The minimum Gasteiger partial charge on any atom is -0.379 e. The van der Waals surface area contributed by atoms with Gasteiger partial charge < -0.3 is 14.2 Å². The number of hydrogen-bond donors (Lipinski definition) is 0. The Balaban J connectivity index is 1.78. The zero-order valence-corrected chi connectivity index (χ0v) is 15.2. The first-order chi connectivity index (χ1) is 11.5. The standard InChI is InChI=1S/C18H29N3O3/c1-5-14-10-21(11-15(14)20-6-8-23-9-7-20)18(22)16-13(4)19-24-17(16)12(2)3/h12,14-15H,5-11H2,1-4H3/t14-,15-/m1/s1. The molecule has 6 heteroatoms. The van der Waals surface area contributed by atoms with Crippen molar-refractivity contribution in [2.24, 2.45) is 5.92 Å². The lowest BCUT2D eigenvalue weighted by molar-refractivity contribution is 0.0103. The largest absolute Gasteiger partial charge is 0.379 e. The van der Waals surface area contributed by atoms with Gasteiger partial charge in [-0.2, -0.15) is 0 Å². The topological polar surface area (TPSA) is 58.8 Å². The van der Waals surface area contributed by atoms with Crippen molar-refractivity contribution in [1.82, 2.24) is 15.0 Å². The summed E-state index contributed by atoms with van der Waals surface area (Å²) in [6.45, 7) is 13.3. The molecule has 2 saturated heterocycles. The van der Waals surface area contributed by atoms with Crippen LogP contribution in [0.2, 0.25) is 0 Å². The van der Waals surface area contributed by atoms with E-state index in [4.69, 9.17) is 9.26 Å². The quantitative estimate of drug-likeness (QED) is 0.845. The van der Waals surface area contributed by atoms with Crippen molar-refractivity contribution in [3.8, 4) is 0 Å². The third-order valence-electron chi connectivity index (χ3n) is 5.36. The van der Waals surface area contributed by atoms with E-state index >= 15 is 0 Å². The van der Waals surface area contributed by atoms with E-state index in [1.54, 1.807) is 0 Å². The van der Waals surface area contributed by atoms with Gasteiger partial charge in [-0.25, -0.2) is 0 Å². The van der Waals surface area contributed by atoms with Crippen LogP contribution in [-0.4, -0.2) is 66.3 Å². The second kappa shape index (κ2) is 7.23. The number of rotatable bonds is 4. The van der Waals surface area contributed by atoms with E-state index in [2.05, 4.69) is 17.0 Å². The lowest BCUT2D eigenvalue weighted by atomic mass is 9.99. The smallest absolute Gasteiger partial charge is 0.259 e. The monoisotopic (exact) mass is 335 g/mol. The summed E-state index contributed by atoms with van der Waals surface area (Å²) >= 11 is 0. The van der Waals surface area contributed by atoms with E-state index in [0.29, 0.717) is 29.0 Å². The number of aromatic nitrogens is 1. The lowest BCUT2D eigenvalue weighted by Gasteiger charge is -2.34. The molecule has 0 saturated carbocycles. The molecule has 2 aliphatic rings. The fourth-order valence-corrected chi connectivity index (χ4v) is 3.94. The molecule has 2 atom stereocenters. The number of carbonyl (C=O) groups excluding carboxylic acids is 1. The van der Waals surface area contributed by atoms with Crippen LogP contribution < -0.4 is 0 Å². The molecule has 0 spiro atoms. The second-order valence-corrected chi connectivity index (χ2v) is 7.26. The molecular formula is C18H29N3O3. The second-order valence-electron chi connectivity index (χ2n) is 7.26. The van der Waals surface area contributed by atoms with Crippen LogP contribution in [0.3, 0.4) is 0 Å². The molecule has 1 amide bonds. The van der Waals surface area contributed by atoms with Crippen LogP contribution in [0, 0.1) is 12.8 Å². The molecule has 3 heterocycles. The van der Waals surface area contributed by atoms with Gasteiger partial charge in [-0.3, -0.25) is 9.69 Å². The van der Waals surface area contributed by atoms with E-state index < -0.39 is 0 Å². The third-order valence-corrected chi connectivity index (χ3v) is 5.36. The molecule has 0 bridgehead atoms. The van der Waals surface area contributed by atoms with Gasteiger partial charge in [0.1, 0.15) is 5.56 Å². The van der Waals surface area contributed by atoms with Crippen molar-refractivity contribution < 1.29 is 14.1 Å². The zero-order valence-electron chi connectivity index (χ0n) is 15.2. The first kappa shape index (κ1) is 17.4. The molecule has 3 rings (SSSR count). The van der Waals surface area contributed by atoms with Crippen LogP contribution in [0.4, 0.5) is 0 Å². The number of aryl methyl sites for hydroxylation is 1. The van der Waals surface area contributed by atoms with Crippen LogP contribution >= 0.6 is 0 Å². The van der Waals surface area contributed by atoms with Crippen molar-refractivity contribution >= 4 is 5.91 Å². The molecule has 24 heavy (non-hydrogen) atoms. The number of amides is 1. The van der Waals surface area contributed by atoms with Gasteiger partial charge in [-0.05, 0) is 12.8 Å². The molecule has 0 radical (unpaired) electrons. The molecule has 2 fully saturated rings. The van der Waals surface area contributed by atoms with Gasteiger partial charge in [-0.1, -0.05) is 32.3 Å². The van der Waals surface area contributed by atoms with Crippen molar-refractivity contribution in [1.29, 1.82) is 0 Å². The molecule has 2 aliphatic heterocycles. The summed E-state index contributed by atoms with van der Waals surface area (Å²) in [5.74, 6) is 1.46. The Morgan fingerprint density at radius 1 is 1.29 bits per heavy atom. The van der Waals surface area contributed by atoms with Gasteiger partial charge in [0, 0.05) is 38.1 Å². The molecule has 0 aromatic carbocycles. The highest BCUT2D eigenvalue weighted by Crippen LogP contribution is 2.30. The fraction of sp³-hybridized carbons (Fsp3) is 0.778. The van der Waals surface area contributed by atoms with Crippen molar-refractivity contribution in [3.63, 3.8) is 0 Å². The Bertz CT molecular complexity index is 578. The van der Waals surface area contributed by atoms with Crippen molar-refractivity contribution in [2.75, 3.05) is 39.4 Å². The predicted molar refractivity (Wildman–Crippen MR) is 91.2 cm³/mol. The molecular weight excluding hydrogens is 306 g/mol. The molecule has 0 N–H and O–H groups in total. The SMILES string of the molecule is CC[C@@H]1CN(C(=O)c2c(C)noc2C(C)C)C[C@H]1N1CCOCC1. The normalized spacial score (nSPS) is 25.6. The Kier molecular flexibility index (Phi) is 5.25. The molecule has 0 aliphatic carbocycles. The third kappa shape index (κ3) is 3.22. The lowest BCUT2D eigenvalue weighted by Crippen LogP contribution is -2.47. The van der Waals surface area contributed by atoms with E-state index in [-0.39, 0.29) is 11.8 Å². The summed E-state index contributed by atoms with van der Waals surface area (Å²) in [6, 6.07) is 0.436. The van der Waals surface area contributed by atoms with Crippen molar-refractivity contribution in [3.05, 3.63) is 17.0 Å². The summed E-state index contributed by atoms with van der Waals surface area (Å²) in [5, 5.41) is 4.03. The highest BCUT2D eigenvalue weighted by atomic mass is 16.5. The van der Waals surface area contributed by atoms with Gasteiger partial charge in [-0.15, -0.1) is 0 Å². The van der Waals surface area contributed by atoms with Crippen LogP contribution in [-0.2, 0) is 4.74 Å². The Morgan fingerprint density at radius 2 is 2.00 bits per heavy atom. The number of likely N-dealkylation sites (tertiary alicyclic amines) is 1.